The van der Waals surface area contributed by atoms with E-state index < -0.39 is 5.76 Å². The molecule has 98 valence electrons. The van der Waals surface area contributed by atoms with Crippen LogP contribution < -0.4 is 11.5 Å². The average Bonchev–Trinajstić information content (AvgIpc) is 2.55. The first-order valence-electron chi connectivity index (χ1n) is 6.07. The summed E-state index contributed by atoms with van der Waals surface area (Å²) in [6, 6.07) is 0. The molecular formula is C11H20ClN3O2. The zero-order chi connectivity index (χ0) is 11.4. The predicted molar refractivity (Wildman–Crippen MR) is 67.4 cm³/mol. The third kappa shape index (κ3) is 3.57. The second-order valence-corrected chi connectivity index (χ2v) is 4.57. The Bertz CT molecular complexity index is 369. The van der Waals surface area contributed by atoms with Gasteiger partial charge < -0.3 is 5.73 Å². The van der Waals surface area contributed by atoms with Gasteiger partial charge in [-0.1, -0.05) is 30.8 Å². The third-order valence-corrected chi connectivity index (χ3v) is 3.53. The van der Waals surface area contributed by atoms with E-state index in [9.17, 15) is 4.79 Å². The Labute approximate surface area is 107 Å². The lowest BCUT2D eigenvalue weighted by molar-refractivity contribution is 0.340. The molecule has 1 aliphatic carbocycles. The lowest BCUT2D eigenvalue weighted by atomic mass is 9.85. The van der Waals surface area contributed by atoms with Gasteiger partial charge in [-0.2, -0.15) is 0 Å². The first-order chi connectivity index (χ1) is 7.81. The molecule has 1 aromatic rings. The Hall–Kier alpha value is -0.810. The summed E-state index contributed by atoms with van der Waals surface area (Å²) in [4.78, 5) is 13.6. The average molecular weight is 262 g/mol. The van der Waals surface area contributed by atoms with Crippen LogP contribution in [-0.2, 0) is 0 Å². The number of H-pyrrole nitrogens is 1. The molecular weight excluding hydrogens is 242 g/mol. The maximum absolute atomic E-state index is 10.9. The van der Waals surface area contributed by atoms with Crippen LogP contribution in [0.15, 0.2) is 9.32 Å². The van der Waals surface area contributed by atoms with Crippen LogP contribution in [0.25, 0.3) is 0 Å². The normalized spacial score (nSPS) is 19.4. The number of aromatic amines is 1. The molecule has 0 radical (unpaired) electrons. The SMILES string of the molecule is Cl.NCC(c1noc(=O)[nH]1)C1CCCCCC1. The van der Waals surface area contributed by atoms with Crippen LogP contribution in [0.2, 0.25) is 0 Å². The predicted octanol–water partition coefficient (Wildman–Crippen LogP) is 1.80. The topological polar surface area (TPSA) is 84.9 Å². The van der Waals surface area contributed by atoms with Gasteiger partial charge in [0.2, 0.25) is 0 Å². The third-order valence-electron chi connectivity index (χ3n) is 3.53. The van der Waals surface area contributed by atoms with Crippen LogP contribution in [0.1, 0.15) is 50.3 Å². The number of nitrogens with two attached hydrogens (primary N) is 1. The first kappa shape index (κ1) is 14.3. The van der Waals surface area contributed by atoms with Gasteiger partial charge in [0, 0.05) is 12.5 Å². The molecule has 2 rings (SSSR count). The van der Waals surface area contributed by atoms with Crippen molar-refractivity contribution in [3.05, 3.63) is 16.4 Å². The maximum Gasteiger partial charge on any atom is 0.438 e. The minimum absolute atomic E-state index is 0. The van der Waals surface area contributed by atoms with Crippen molar-refractivity contribution in [3.63, 3.8) is 0 Å². The molecule has 1 atom stereocenters. The number of aromatic nitrogens is 2. The van der Waals surface area contributed by atoms with E-state index in [2.05, 4.69) is 14.7 Å². The largest absolute Gasteiger partial charge is 0.438 e. The number of nitrogens with one attached hydrogen (secondary N) is 1. The quantitative estimate of drug-likeness (QED) is 0.813. The molecule has 1 aromatic heterocycles. The van der Waals surface area contributed by atoms with Gasteiger partial charge in [-0.15, -0.1) is 12.4 Å². The monoisotopic (exact) mass is 261 g/mol. The van der Waals surface area contributed by atoms with E-state index in [-0.39, 0.29) is 18.3 Å². The lowest BCUT2D eigenvalue weighted by Crippen LogP contribution is -2.23. The summed E-state index contributed by atoms with van der Waals surface area (Å²) >= 11 is 0. The molecule has 1 fully saturated rings. The van der Waals surface area contributed by atoms with Crippen molar-refractivity contribution in [1.29, 1.82) is 0 Å². The molecule has 0 spiro atoms. The fourth-order valence-corrected chi connectivity index (χ4v) is 2.64. The van der Waals surface area contributed by atoms with Gasteiger partial charge in [-0.3, -0.25) is 9.51 Å². The molecule has 0 bridgehead atoms. The lowest BCUT2D eigenvalue weighted by Gasteiger charge is -2.21. The van der Waals surface area contributed by atoms with Crippen molar-refractivity contribution >= 4 is 12.4 Å². The summed E-state index contributed by atoms with van der Waals surface area (Å²) < 4.78 is 4.55. The van der Waals surface area contributed by atoms with Gasteiger partial charge in [0.05, 0.1) is 0 Å². The summed E-state index contributed by atoms with van der Waals surface area (Å²) in [5, 5.41) is 3.77. The Morgan fingerprint density at radius 3 is 2.47 bits per heavy atom. The molecule has 1 unspecified atom stereocenters. The standard InChI is InChI=1S/C11H19N3O2.ClH/c12-7-9(10-13-11(15)16-14-10)8-5-3-1-2-4-6-8;/h8-9H,1-7,12H2,(H,13,14,15);1H. The Morgan fingerprint density at radius 1 is 1.35 bits per heavy atom. The van der Waals surface area contributed by atoms with Crippen LogP contribution in [0.4, 0.5) is 0 Å². The number of hydrogen-bond donors (Lipinski definition) is 2. The van der Waals surface area contributed by atoms with Crippen molar-refractivity contribution in [1.82, 2.24) is 10.1 Å². The van der Waals surface area contributed by atoms with Crippen LogP contribution in [0.3, 0.4) is 0 Å². The van der Waals surface area contributed by atoms with E-state index >= 15 is 0 Å². The van der Waals surface area contributed by atoms with Crippen LogP contribution in [0.5, 0.6) is 0 Å². The van der Waals surface area contributed by atoms with E-state index in [0.29, 0.717) is 18.3 Å². The van der Waals surface area contributed by atoms with Crippen LogP contribution >= 0.6 is 12.4 Å². The van der Waals surface area contributed by atoms with E-state index in [1.54, 1.807) is 0 Å². The zero-order valence-electron chi connectivity index (χ0n) is 9.85. The highest BCUT2D eigenvalue weighted by Crippen LogP contribution is 2.32. The fourth-order valence-electron chi connectivity index (χ4n) is 2.64. The van der Waals surface area contributed by atoms with Crippen molar-refractivity contribution in [3.8, 4) is 0 Å². The van der Waals surface area contributed by atoms with Gasteiger partial charge in [-0.25, -0.2) is 4.79 Å². The minimum atomic E-state index is -0.484. The molecule has 0 aliphatic heterocycles. The first-order valence-corrected chi connectivity index (χ1v) is 6.07. The number of nitrogens with zero attached hydrogens (tertiary/aromatic N) is 1. The van der Waals surface area contributed by atoms with E-state index in [1.165, 1.54) is 38.5 Å². The Balaban J connectivity index is 0.00000144. The summed E-state index contributed by atoms with van der Waals surface area (Å²) in [5.41, 5.74) is 5.79. The van der Waals surface area contributed by atoms with E-state index in [1.807, 2.05) is 0 Å². The smallest absolute Gasteiger partial charge is 0.330 e. The molecule has 0 amide bonds. The van der Waals surface area contributed by atoms with Gasteiger partial charge >= 0.3 is 5.76 Å². The number of hydrogen-bond acceptors (Lipinski definition) is 4. The van der Waals surface area contributed by atoms with Crippen LogP contribution in [0, 0.1) is 5.92 Å². The van der Waals surface area contributed by atoms with E-state index in [0.717, 1.165) is 0 Å². The summed E-state index contributed by atoms with van der Waals surface area (Å²) in [6.45, 7) is 0.521. The molecule has 3 N–H and O–H groups in total. The fraction of sp³-hybridized carbons (Fsp3) is 0.818. The van der Waals surface area contributed by atoms with Gasteiger partial charge in [-0.05, 0) is 18.8 Å². The second-order valence-electron chi connectivity index (χ2n) is 4.57. The molecule has 5 nitrogen and oxygen atoms in total. The number of rotatable bonds is 3. The Kier molecular flexibility index (Phi) is 5.71. The van der Waals surface area contributed by atoms with Crippen molar-refractivity contribution in [2.24, 2.45) is 11.7 Å². The summed E-state index contributed by atoms with van der Waals surface area (Å²) in [6.07, 6.45) is 7.48. The highest BCUT2D eigenvalue weighted by molar-refractivity contribution is 5.85. The van der Waals surface area contributed by atoms with E-state index in [4.69, 9.17) is 5.73 Å². The molecule has 0 saturated heterocycles. The van der Waals surface area contributed by atoms with Gasteiger partial charge in [0.1, 0.15) is 0 Å². The molecule has 1 aliphatic rings. The molecule has 6 heteroatoms. The highest BCUT2D eigenvalue weighted by Gasteiger charge is 2.26. The van der Waals surface area contributed by atoms with Crippen molar-refractivity contribution in [2.45, 2.75) is 44.4 Å². The van der Waals surface area contributed by atoms with Gasteiger partial charge in [0.25, 0.3) is 0 Å². The van der Waals surface area contributed by atoms with Crippen molar-refractivity contribution in [2.75, 3.05) is 6.54 Å². The van der Waals surface area contributed by atoms with Crippen LogP contribution in [-0.4, -0.2) is 16.7 Å². The second kappa shape index (κ2) is 6.81. The number of halogens is 1. The molecule has 1 heterocycles. The van der Waals surface area contributed by atoms with Crippen molar-refractivity contribution < 1.29 is 4.52 Å². The maximum atomic E-state index is 10.9. The summed E-state index contributed by atoms with van der Waals surface area (Å²) in [7, 11) is 0. The molecule has 0 aromatic carbocycles. The van der Waals surface area contributed by atoms with Gasteiger partial charge in [0.15, 0.2) is 5.82 Å². The molecule has 17 heavy (non-hydrogen) atoms. The zero-order valence-corrected chi connectivity index (χ0v) is 10.7. The Morgan fingerprint density at radius 2 is 2.00 bits per heavy atom. The minimum Gasteiger partial charge on any atom is -0.330 e. The molecule has 1 saturated carbocycles. The summed E-state index contributed by atoms with van der Waals surface area (Å²) in [5.74, 6) is 0.819. The highest BCUT2D eigenvalue weighted by atomic mass is 35.5.